The highest BCUT2D eigenvalue weighted by Crippen LogP contribution is 2.20. The summed E-state index contributed by atoms with van der Waals surface area (Å²) in [5.74, 6) is 0.578. The van der Waals surface area contributed by atoms with Gasteiger partial charge >= 0.3 is 0 Å². The number of rotatable bonds is 7. The molecule has 1 aliphatic heterocycles. The van der Waals surface area contributed by atoms with Gasteiger partial charge in [0.1, 0.15) is 6.54 Å². The second kappa shape index (κ2) is 9.06. The number of methoxy groups -OCH3 is 1. The zero-order valence-corrected chi connectivity index (χ0v) is 16.9. The molecule has 0 saturated carbocycles. The third kappa shape index (κ3) is 5.01. The van der Waals surface area contributed by atoms with Crippen LogP contribution in [-0.2, 0) is 30.8 Å². The first-order valence-corrected chi connectivity index (χ1v) is 9.79. The minimum atomic E-state index is -0.159. The average Bonchev–Trinajstić information content (AvgIpc) is 2.68. The molecule has 1 N–H and O–H groups in total. The van der Waals surface area contributed by atoms with Crippen molar-refractivity contribution < 1.29 is 9.53 Å². The van der Waals surface area contributed by atoms with E-state index in [0.717, 1.165) is 25.2 Å². The van der Waals surface area contributed by atoms with E-state index in [9.17, 15) is 9.59 Å². The number of ether oxygens (including phenoxy) is 1. The Labute approximate surface area is 166 Å². The van der Waals surface area contributed by atoms with Gasteiger partial charge in [0.15, 0.2) is 5.75 Å². The molecule has 150 valence electrons. The Balaban J connectivity index is 1.78. The van der Waals surface area contributed by atoms with Gasteiger partial charge in [-0.1, -0.05) is 38.1 Å². The van der Waals surface area contributed by atoms with Crippen LogP contribution in [0.5, 0.6) is 5.75 Å². The van der Waals surface area contributed by atoms with E-state index in [2.05, 4.69) is 48.3 Å². The maximum absolute atomic E-state index is 12.3. The van der Waals surface area contributed by atoms with Crippen LogP contribution in [-0.4, -0.2) is 35.6 Å². The van der Waals surface area contributed by atoms with Crippen molar-refractivity contribution in [3.8, 4) is 5.75 Å². The highest BCUT2D eigenvalue weighted by atomic mass is 16.5. The van der Waals surface area contributed by atoms with Crippen LogP contribution in [0.4, 0.5) is 0 Å². The molecule has 0 spiro atoms. The van der Waals surface area contributed by atoms with Crippen LogP contribution >= 0.6 is 0 Å². The van der Waals surface area contributed by atoms with E-state index in [-0.39, 0.29) is 23.6 Å². The third-order valence-electron chi connectivity index (χ3n) is 5.02. The maximum Gasteiger partial charge on any atom is 0.239 e. The largest absolute Gasteiger partial charge is 0.491 e. The van der Waals surface area contributed by atoms with E-state index in [1.807, 2.05) is 4.57 Å². The van der Waals surface area contributed by atoms with E-state index in [4.69, 9.17) is 4.74 Å². The normalized spacial score (nSPS) is 14.0. The van der Waals surface area contributed by atoms with Crippen molar-refractivity contribution in [3.05, 3.63) is 63.6 Å². The molecule has 0 aliphatic carbocycles. The third-order valence-corrected chi connectivity index (χ3v) is 5.02. The predicted octanol–water partition coefficient (Wildman–Crippen LogP) is 2.19. The molecule has 1 aliphatic rings. The number of aromatic nitrogens is 1. The zero-order chi connectivity index (χ0) is 20.1. The first-order valence-electron chi connectivity index (χ1n) is 9.79. The lowest BCUT2D eigenvalue weighted by atomic mass is 10.00. The van der Waals surface area contributed by atoms with E-state index < -0.39 is 0 Å². The Kier molecular flexibility index (Phi) is 6.52. The second-order valence-corrected chi connectivity index (χ2v) is 7.75. The number of carbonyl (C=O) groups excluding carboxylic acids is 1. The predicted molar refractivity (Wildman–Crippen MR) is 109 cm³/mol. The van der Waals surface area contributed by atoms with Crippen molar-refractivity contribution in [2.45, 2.75) is 39.9 Å². The molecule has 2 heterocycles. The van der Waals surface area contributed by atoms with E-state index in [1.54, 1.807) is 12.3 Å². The van der Waals surface area contributed by atoms with E-state index in [0.29, 0.717) is 19.0 Å². The molecule has 1 aromatic heterocycles. The number of fused-ring (bicyclic) bond motifs is 1. The van der Waals surface area contributed by atoms with Gasteiger partial charge in [0.05, 0.1) is 13.3 Å². The zero-order valence-electron chi connectivity index (χ0n) is 16.9. The summed E-state index contributed by atoms with van der Waals surface area (Å²) in [6.45, 7) is 7.31. The minimum absolute atomic E-state index is 0.0651. The molecule has 2 aromatic rings. The van der Waals surface area contributed by atoms with Crippen LogP contribution in [0.3, 0.4) is 0 Å². The first kappa shape index (κ1) is 20.1. The fourth-order valence-electron chi connectivity index (χ4n) is 3.48. The molecule has 1 amide bonds. The van der Waals surface area contributed by atoms with Gasteiger partial charge in [-0.2, -0.15) is 0 Å². The number of benzene rings is 1. The van der Waals surface area contributed by atoms with Gasteiger partial charge in [-0.15, -0.1) is 0 Å². The van der Waals surface area contributed by atoms with Crippen molar-refractivity contribution in [2.24, 2.45) is 5.92 Å². The summed E-state index contributed by atoms with van der Waals surface area (Å²) in [6.07, 6.45) is 2.63. The van der Waals surface area contributed by atoms with Crippen molar-refractivity contribution >= 4 is 5.91 Å². The quantitative estimate of drug-likeness (QED) is 0.796. The maximum atomic E-state index is 12.3. The molecular formula is C22H29N3O3. The van der Waals surface area contributed by atoms with Gasteiger partial charge in [0, 0.05) is 37.9 Å². The monoisotopic (exact) mass is 383 g/mol. The summed E-state index contributed by atoms with van der Waals surface area (Å²) in [4.78, 5) is 27.0. The first-order chi connectivity index (χ1) is 13.5. The highest BCUT2D eigenvalue weighted by Gasteiger charge is 2.18. The fraction of sp³-hybridized carbons (Fsp3) is 0.455. The number of nitrogens with one attached hydrogen (secondary N) is 1. The van der Waals surface area contributed by atoms with Crippen LogP contribution in [0.15, 0.2) is 41.3 Å². The molecule has 6 heteroatoms. The van der Waals surface area contributed by atoms with Crippen LogP contribution in [0, 0.1) is 5.92 Å². The Bertz CT molecular complexity index is 889. The Hall–Kier alpha value is -2.60. The molecule has 3 rings (SSSR count). The Morgan fingerprint density at radius 3 is 2.71 bits per heavy atom. The number of hydrogen-bond acceptors (Lipinski definition) is 4. The molecule has 1 aromatic carbocycles. The lowest BCUT2D eigenvalue weighted by molar-refractivity contribution is -0.121. The lowest BCUT2D eigenvalue weighted by Crippen LogP contribution is -2.34. The van der Waals surface area contributed by atoms with Crippen molar-refractivity contribution in [1.82, 2.24) is 14.8 Å². The highest BCUT2D eigenvalue weighted by molar-refractivity contribution is 5.75. The Morgan fingerprint density at radius 2 is 2.00 bits per heavy atom. The fourth-order valence-corrected chi connectivity index (χ4v) is 3.48. The molecule has 28 heavy (non-hydrogen) atoms. The molecule has 0 fully saturated rings. The van der Waals surface area contributed by atoms with Crippen LogP contribution in [0.2, 0.25) is 0 Å². The second-order valence-electron chi connectivity index (χ2n) is 7.75. The summed E-state index contributed by atoms with van der Waals surface area (Å²) >= 11 is 0. The summed E-state index contributed by atoms with van der Waals surface area (Å²) < 4.78 is 7.01. The number of amides is 1. The lowest BCUT2D eigenvalue weighted by Gasteiger charge is -2.29. The van der Waals surface area contributed by atoms with Crippen molar-refractivity contribution in [1.29, 1.82) is 0 Å². The van der Waals surface area contributed by atoms with E-state index in [1.165, 1.54) is 18.2 Å². The summed E-state index contributed by atoms with van der Waals surface area (Å²) in [7, 11) is 1.47. The molecule has 0 saturated heterocycles. The van der Waals surface area contributed by atoms with Crippen molar-refractivity contribution in [3.63, 3.8) is 0 Å². The molecule has 0 atom stereocenters. The smallest absolute Gasteiger partial charge is 0.239 e. The molecule has 0 unspecified atom stereocenters. The summed E-state index contributed by atoms with van der Waals surface area (Å²) in [5, 5.41) is 2.93. The summed E-state index contributed by atoms with van der Waals surface area (Å²) in [6, 6.07) is 10.1. The molecule has 0 radical (unpaired) electrons. The van der Waals surface area contributed by atoms with Gasteiger partial charge in [-0.05, 0) is 23.5 Å². The van der Waals surface area contributed by atoms with Crippen LogP contribution in [0.1, 0.15) is 30.7 Å². The van der Waals surface area contributed by atoms with Gasteiger partial charge in [0.25, 0.3) is 0 Å². The average molecular weight is 383 g/mol. The molecule has 6 nitrogen and oxygen atoms in total. The number of carbonyl (C=O) groups is 1. The number of nitrogens with zero attached hydrogens (tertiary/aromatic N) is 2. The standard InChI is InChI=1S/C22H29N3O3/c1-16(2)11-23-22(27)15-25-14-21(28-3)20(26)10-19(25)13-24-9-8-17-6-4-5-7-18(17)12-24/h4-7,10,14,16H,8-9,11-13,15H2,1-3H3,(H,23,27). The number of pyridine rings is 1. The van der Waals surface area contributed by atoms with Gasteiger partial charge in [0.2, 0.25) is 11.3 Å². The topological polar surface area (TPSA) is 63.6 Å². The molecular weight excluding hydrogens is 354 g/mol. The molecule has 0 bridgehead atoms. The van der Waals surface area contributed by atoms with Crippen LogP contribution in [0.25, 0.3) is 0 Å². The number of hydrogen-bond donors (Lipinski definition) is 1. The minimum Gasteiger partial charge on any atom is -0.491 e. The Morgan fingerprint density at radius 1 is 1.25 bits per heavy atom. The summed E-state index contributed by atoms with van der Waals surface area (Å²) in [5.41, 5.74) is 3.38. The SMILES string of the molecule is COc1cn(CC(=O)NCC(C)C)c(CN2CCc3ccccc3C2)cc1=O. The van der Waals surface area contributed by atoms with Gasteiger partial charge in [-0.25, -0.2) is 0 Å². The van der Waals surface area contributed by atoms with E-state index >= 15 is 0 Å². The van der Waals surface area contributed by atoms with Gasteiger partial charge in [-0.3, -0.25) is 14.5 Å². The van der Waals surface area contributed by atoms with Crippen LogP contribution < -0.4 is 15.5 Å². The van der Waals surface area contributed by atoms with Crippen molar-refractivity contribution in [2.75, 3.05) is 20.2 Å². The van der Waals surface area contributed by atoms with Gasteiger partial charge < -0.3 is 14.6 Å².